The molecule has 0 aromatic rings. The normalized spacial score (nSPS) is 31.2. The molecular formula is C11H21NS. The third-order valence-corrected chi connectivity index (χ3v) is 4.00. The zero-order chi connectivity index (χ0) is 9.68. The molecule has 1 nitrogen and oxygen atoms in total. The summed E-state index contributed by atoms with van der Waals surface area (Å²) in [6.07, 6.45) is 5.79. The lowest BCUT2D eigenvalue weighted by molar-refractivity contribution is 0.412. The summed E-state index contributed by atoms with van der Waals surface area (Å²) in [6, 6.07) is 1.30. The molecule has 0 bridgehead atoms. The van der Waals surface area contributed by atoms with Crippen LogP contribution in [0.25, 0.3) is 0 Å². The van der Waals surface area contributed by atoms with Crippen LogP contribution in [0, 0.1) is 0 Å². The molecule has 0 spiro atoms. The number of thioether (sulfide) groups is 1. The maximum absolute atomic E-state index is 3.77. The molecule has 0 aromatic heterocycles. The highest BCUT2D eigenvalue weighted by atomic mass is 32.2. The predicted octanol–water partition coefficient (Wildman–Crippen LogP) is 2.82. The molecule has 0 aromatic carbocycles. The molecule has 1 rings (SSSR count). The van der Waals surface area contributed by atoms with Gasteiger partial charge in [-0.1, -0.05) is 13.0 Å². The summed E-state index contributed by atoms with van der Waals surface area (Å²) in [5.41, 5.74) is 0. The summed E-state index contributed by atoms with van der Waals surface area (Å²) in [7, 11) is 0. The molecule has 0 radical (unpaired) electrons. The summed E-state index contributed by atoms with van der Waals surface area (Å²) in [5, 5.41) is 4.46. The quantitative estimate of drug-likeness (QED) is 0.699. The first-order valence-corrected chi connectivity index (χ1v) is 6.27. The Morgan fingerprint density at radius 1 is 1.69 bits per heavy atom. The summed E-state index contributed by atoms with van der Waals surface area (Å²) in [5.74, 6) is 1.34. The number of hydrogen-bond acceptors (Lipinski definition) is 2. The summed E-state index contributed by atoms with van der Waals surface area (Å²) in [4.78, 5) is 0. The smallest absolute Gasteiger partial charge is 0.0186 e. The van der Waals surface area contributed by atoms with Crippen molar-refractivity contribution in [2.24, 2.45) is 0 Å². The van der Waals surface area contributed by atoms with Gasteiger partial charge in [-0.25, -0.2) is 0 Å². The maximum atomic E-state index is 3.77. The zero-order valence-electron chi connectivity index (χ0n) is 8.75. The summed E-state index contributed by atoms with van der Waals surface area (Å²) in [6.45, 7) is 8.35. The lowest BCUT2D eigenvalue weighted by atomic mass is 10.1. The van der Waals surface area contributed by atoms with Gasteiger partial charge < -0.3 is 5.32 Å². The minimum Gasteiger partial charge on any atom is -0.310 e. The molecule has 76 valence electrons. The van der Waals surface area contributed by atoms with Crippen LogP contribution in [0.2, 0.25) is 0 Å². The molecule has 2 heteroatoms. The maximum Gasteiger partial charge on any atom is 0.0186 e. The Morgan fingerprint density at radius 3 is 3.08 bits per heavy atom. The lowest BCUT2D eigenvalue weighted by Crippen LogP contribution is -2.43. The highest BCUT2D eigenvalue weighted by Crippen LogP contribution is 2.25. The van der Waals surface area contributed by atoms with E-state index in [1.807, 2.05) is 6.08 Å². The molecule has 1 fully saturated rings. The van der Waals surface area contributed by atoms with Gasteiger partial charge in [-0.05, 0) is 31.9 Å². The van der Waals surface area contributed by atoms with Crippen LogP contribution in [0.1, 0.15) is 33.1 Å². The molecule has 1 N–H and O–H groups in total. The molecule has 1 saturated heterocycles. The zero-order valence-corrected chi connectivity index (χ0v) is 9.57. The van der Waals surface area contributed by atoms with Gasteiger partial charge in [0.2, 0.25) is 0 Å². The second-order valence-corrected chi connectivity index (χ2v) is 5.40. The van der Waals surface area contributed by atoms with Crippen molar-refractivity contribution in [3.63, 3.8) is 0 Å². The average molecular weight is 199 g/mol. The lowest BCUT2D eigenvalue weighted by Gasteiger charge is -2.31. The second-order valence-electron chi connectivity index (χ2n) is 3.92. The first-order chi connectivity index (χ1) is 6.24. The molecule has 3 unspecified atom stereocenters. The molecule has 1 aliphatic heterocycles. The fraction of sp³-hybridized carbons (Fsp3) is 0.818. The van der Waals surface area contributed by atoms with Crippen molar-refractivity contribution in [1.29, 1.82) is 0 Å². The highest BCUT2D eigenvalue weighted by Gasteiger charge is 2.22. The minimum atomic E-state index is 0.587. The van der Waals surface area contributed by atoms with E-state index in [1.165, 1.54) is 18.6 Å². The van der Waals surface area contributed by atoms with Gasteiger partial charge in [0.1, 0.15) is 0 Å². The number of nitrogens with one attached hydrogen (secondary N) is 1. The molecule has 0 amide bonds. The van der Waals surface area contributed by atoms with Crippen LogP contribution in [-0.4, -0.2) is 23.1 Å². The SMILES string of the molecule is C=CCC(C)NC1CCCSC1C. The Balaban J connectivity index is 2.28. The van der Waals surface area contributed by atoms with Crippen LogP contribution >= 0.6 is 11.8 Å². The molecule has 0 saturated carbocycles. The second kappa shape index (κ2) is 5.71. The topological polar surface area (TPSA) is 12.0 Å². The number of rotatable bonds is 4. The van der Waals surface area contributed by atoms with Crippen LogP contribution in [-0.2, 0) is 0 Å². The Morgan fingerprint density at radius 2 is 2.46 bits per heavy atom. The van der Waals surface area contributed by atoms with Gasteiger partial charge in [-0.15, -0.1) is 6.58 Å². The van der Waals surface area contributed by atoms with Gasteiger partial charge in [0.25, 0.3) is 0 Å². The summed E-state index contributed by atoms with van der Waals surface area (Å²) < 4.78 is 0. The third-order valence-electron chi connectivity index (χ3n) is 2.63. The van der Waals surface area contributed by atoms with Gasteiger partial charge in [0.05, 0.1) is 0 Å². The van der Waals surface area contributed by atoms with E-state index in [1.54, 1.807) is 0 Å². The average Bonchev–Trinajstić information content (AvgIpc) is 2.09. The molecule has 13 heavy (non-hydrogen) atoms. The van der Waals surface area contributed by atoms with Crippen molar-refractivity contribution in [3.8, 4) is 0 Å². The van der Waals surface area contributed by atoms with Crippen molar-refractivity contribution in [1.82, 2.24) is 5.32 Å². The van der Waals surface area contributed by atoms with Gasteiger partial charge in [0, 0.05) is 17.3 Å². The first-order valence-electron chi connectivity index (χ1n) is 5.22. The molecule has 1 heterocycles. The van der Waals surface area contributed by atoms with Gasteiger partial charge in [-0.3, -0.25) is 0 Å². The predicted molar refractivity (Wildman–Crippen MR) is 62.4 cm³/mol. The van der Waals surface area contributed by atoms with Crippen LogP contribution < -0.4 is 5.32 Å². The molecular weight excluding hydrogens is 178 g/mol. The third kappa shape index (κ3) is 3.74. The van der Waals surface area contributed by atoms with E-state index in [2.05, 4.69) is 37.5 Å². The van der Waals surface area contributed by atoms with Crippen molar-refractivity contribution < 1.29 is 0 Å². The van der Waals surface area contributed by atoms with E-state index < -0.39 is 0 Å². The van der Waals surface area contributed by atoms with Crippen molar-refractivity contribution in [2.45, 2.75) is 50.4 Å². The largest absolute Gasteiger partial charge is 0.310 e. The Hall–Kier alpha value is 0.0500. The Bertz CT molecular complexity index is 158. The van der Waals surface area contributed by atoms with Crippen LogP contribution in [0.3, 0.4) is 0 Å². The van der Waals surface area contributed by atoms with Crippen molar-refractivity contribution >= 4 is 11.8 Å². The highest BCUT2D eigenvalue weighted by molar-refractivity contribution is 7.99. The van der Waals surface area contributed by atoms with E-state index in [0.29, 0.717) is 12.1 Å². The molecule has 3 atom stereocenters. The Labute approximate surface area is 86.4 Å². The van der Waals surface area contributed by atoms with Crippen LogP contribution in [0.15, 0.2) is 12.7 Å². The van der Waals surface area contributed by atoms with Gasteiger partial charge >= 0.3 is 0 Å². The van der Waals surface area contributed by atoms with E-state index in [0.717, 1.165) is 11.7 Å². The standard InChI is InChI=1S/C11H21NS/c1-4-6-9(2)12-11-7-5-8-13-10(11)3/h4,9-12H,1,5-8H2,2-3H3. The van der Waals surface area contributed by atoms with Gasteiger partial charge in [-0.2, -0.15) is 11.8 Å². The van der Waals surface area contributed by atoms with Crippen LogP contribution in [0.5, 0.6) is 0 Å². The van der Waals surface area contributed by atoms with E-state index >= 15 is 0 Å². The molecule has 1 aliphatic rings. The number of hydrogen-bond donors (Lipinski definition) is 1. The fourth-order valence-corrected chi connectivity index (χ4v) is 2.98. The van der Waals surface area contributed by atoms with Gasteiger partial charge in [0.15, 0.2) is 0 Å². The molecule has 0 aliphatic carbocycles. The Kier molecular flexibility index (Phi) is 4.89. The van der Waals surface area contributed by atoms with Crippen molar-refractivity contribution in [2.75, 3.05) is 5.75 Å². The van der Waals surface area contributed by atoms with E-state index in [9.17, 15) is 0 Å². The monoisotopic (exact) mass is 199 g/mol. The fourth-order valence-electron chi connectivity index (χ4n) is 1.83. The van der Waals surface area contributed by atoms with Crippen molar-refractivity contribution in [3.05, 3.63) is 12.7 Å². The minimum absolute atomic E-state index is 0.587. The van der Waals surface area contributed by atoms with E-state index in [4.69, 9.17) is 0 Å². The first kappa shape index (κ1) is 11.1. The summed E-state index contributed by atoms with van der Waals surface area (Å²) >= 11 is 2.10. The van der Waals surface area contributed by atoms with E-state index in [-0.39, 0.29) is 0 Å². The van der Waals surface area contributed by atoms with Crippen LogP contribution in [0.4, 0.5) is 0 Å².